The van der Waals surface area contributed by atoms with Crippen molar-refractivity contribution in [1.82, 2.24) is 4.90 Å². The van der Waals surface area contributed by atoms with Crippen LogP contribution in [-0.2, 0) is 11.4 Å². The number of amides is 1. The molecule has 0 unspecified atom stereocenters. The molecule has 1 saturated heterocycles. The minimum Gasteiger partial charge on any atom is -0.493 e. The van der Waals surface area contributed by atoms with Crippen LogP contribution in [0.3, 0.4) is 0 Å². The van der Waals surface area contributed by atoms with Gasteiger partial charge in [0.1, 0.15) is 10.9 Å². The number of thiocarbonyl (C=S) groups is 1. The number of nitro benzene ring substituents is 1. The first-order valence-electron chi connectivity index (χ1n) is 8.83. The number of methoxy groups -OCH3 is 1. The van der Waals surface area contributed by atoms with Crippen molar-refractivity contribution in [3.63, 3.8) is 0 Å². The molecule has 30 heavy (non-hydrogen) atoms. The molecule has 0 aromatic heterocycles. The number of ether oxygens (including phenoxy) is 2. The van der Waals surface area contributed by atoms with Crippen LogP contribution >= 0.6 is 39.9 Å². The third kappa shape index (κ3) is 4.82. The van der Waals surface area contributed by atoms with Crippen LogP contribution in [0.15, 0.2) is 45.8 Å². The van der Waals surface area contributed by atoms with Crippen LogP contribution in [0.4, 0.5) is 5.69 Å². The standard InChI is InChI=1S/C20H17BrN2O5S2/c1-3-22-19(24)17(30-20(22)29)10-13-8-15(21)18(16(9-13)27-2)28-11-12-4-6-14(7-5-12)23(25)26/h4-10H,3,11H2,1-2H3/b17-10-. The summed E-state index contributed by atoms with van der Waals surface area (Å²) in [7, 11) is 1.53. The summed E-state index contributed by atoms with van der Waals surface area (Å²) in [5.74, 6) is 0.874. The van der Waals surface area contributed by atoms with Crippen molar-refractivity contribution in [3.05, 3.63) is 67.0 Å². The SMILES string of the molecule is CCN1C(=O)/C(=C/c2cc(Br)c(OCc3ccc([N+](=O)[O-])cc3)c(OC)c2)SC1=S. The molecule has 2 aromatic rings. The largest absolute Gasteiger partial charge is 0.493 e. The van der Waals surface area contributed by atoms with Crippen molar-refractivity contribution < 1.29 is 19.2 Å². The Morgan fingerprint density at radius 1 is 1.30 bits per heavy atom. The number of halogens is 1. The molecule has 1 aliphatic heterocycles. The molecule has 1 amide bonds. The molecule has 3 rings (SSSR count). The average molecular weight is 509 g/mol. The summed E-state index contributed by atoms with van der Waals surface area (Å²) in [5.41, 5.74) is 1.57. The number of likely N-dealkylation sites (N-methyl/N-ethyl adjacent to an activating group) is 1. The lowest BCUT2D eigenvalue weighted by Crippen LogP contribution is -2.27. The van der Waals surface area contributed by atoms with Gasteiger partial charge in [-0.15, -0.1) is 0 Å². The number of nitrogens with zero attached hydrogens (tertiary/aromatic N) is 2. The normalized spacial score (nSPS) is 15.0. The zero-order valence-corrected chi connectivity index (χ0v) is 19.3. The molecule has 0 atom stereocenters. The lowest BCUT2D eigenvalue weighted by molar-refractivity contribution is -0.384. The van der Waals surface area contributed by atoms with Crippen molar-refractivity contribution in [1.29, 1.82) is 0 Å². The summed E-state index contributed by atoms with van der Waals surface area (Å²) in [5, 5.41) is 10.8. The summed E-state index contributed by atoms with van der Waals surface area (Å²) < 4.78 is 12.5. The molecule has 1 heterocycles. The van der Waals surface area contributed by atoms with Crippen LogP contribution < -0.4 is 9.47 Å². The smallest absolute Gasteiger partial charge is 0.269 e. The fourth-order valence-electron chi connectivity index (χ4n) is 2.76. The van der Waals surface area contributed by atoms with Gasteiger partial charge in [-0.1, -0.05) is 24.0 Å². The number of benzene rings is 2. The Kier molecular flexibility index (Phi) is 7.11. The fraction of sp³-hybridized carbons (Fsp3) is 0.200. The average Bonchev–Trinajstić information content (AvgIpc) is 2.99. The molecule has 0 aliphatic carbocycles. The third-order valence-electron chi connectivity index (χ3n) is 4.27. The van der Waals surface area contributed by atoms with E-state index in [-0.39, 0.29) is 18.2 Å². The molecule has 0 saturated carbocycles. The van der Waals surface area contributed by atoms with Gasteiger partial charge < -0.3 is 9.47 Å². The predicted octanol–water partition coefficient (Wildman–Crippen LogP) is 5.17. The number of hydrogen-bond acceptors (Lipinski definition) is 7. The lowest BCUT2D eigenvalue weighted by Gasteiger charge is -2.14. The molecule has 1 aliphatic rings. The minimum absolute atomic E-state index is 0.0235. The van der Waals surface area contributed by atoms with Crippen LogP contribution in [0.2, 0.25) is 0 Å². The van der Waals surface area contributed by atoms with Gasteiger partial charge >= 0.3 is 0 Å². The van der Waals surface area contributed by atoms with Gasteiger partial charge in [-0.05, 0) is 64.3 Å². The van der Waals surface area contributed by atoms with E-state index in [1.54, 1.807) is 29.2 Å². The van der Waals surface area contributed by atoms with Gasteiger partial charge in [-0.2, -0.15) is 0 Å². The van der Waals surface area contributed by atoms with Gasteiger partial charge in [-0.25, -0.2) is 0 Å². The predicted molar refractivity (Wildman–Crippen MR) is 124 cm³/mol. The number of carbonyl (C=O) groups is 1. The summed E-state index contributed by atoms with van der Waals surface area (Å²) in [6, 6.07) is 9.74. The molecule has 0 radical (unpaired) electrons. The van der Waals surface area contributed by atoms with E-state index < -0.39 is 4.92 Å². The third-order valence-corrected chi connectivity index (χ3v) is 6.24. The first-order valence-corrected chi connectivity index (χ1v) is 10.8. The van der Waals surface area contributed by atoms with Gasteiger partial charge in [0, 0.05) is 18.7 Å². The zero-order valence-electron chi connectivity index (χ0n) is 16.1. The van der Waals surface area contributed by atoms with Crippen molar-refractivity contribution in [3.8, 4) is 11.5 Å². The number of rotatable bonds is 7. The van der Waals surface area contributed by atoms with Crippen molar-refractivity contribution in [2.24, 2.45) is 0 Å². The Labute approximate surface area is 191 Å². The van der Waals surface area contributed by atoms with E-state index in [1.807, 2.05) is 13.0 Å². The van der Waals surface area contributed by atoms with Crippen LogP contribution in [0.5, 0.6) is 11.5 Å². The van der Waals surface area contributed by atoms with Crippen molar-refractivity contribution in [2.75, 3.05) is 13.7 Å². The molecule has 2 aromatic carbocycles. The number of carbonyl (C=O) groups excluding carboxylic acids is 1. The molecule has 7 nitrogen and oxygen atoms in total. The van der Waals surface area contributed by atoms with Crippen LogP contribution in [0.25, 0.3) is 6.08 Å². The minimum atomic E-state index is -0.447. The Hall–Kier alpha value is -2.43. The first kappa shape index (κ1) is 22.3. The van der Waals surface area contributed by atoms with E-state index >= 15 is 0 Å². The zero-order chi connectivity index (χ0) is 21.8. The Morgan fingerprint density at radius 2 is 2.00 bits per heavy atom. The van der Waals surface area contributed by atoms with Gasteiger partial charge in [0.2, 0.25) is 0 Å². The van der Waals surface area contributed by atoms with E-state index in [9.17, 15) is 14.9 Å². The molecule has 10 heteroatoms. The topological polar surface area (TPSA) is 81.9 Å². The number of hydrogen-bond donors (Lipinski definition) is 0. The highest BCUT2D eigenvalue weighted by Gasteiger charge is 2.30. The summed E-state index contributed by atoms with van der Waals surface area (Å²) in [4.78, 5) is 24.8. The Morgan fingerprint density at radius 3 is 2.57 bits per heavy atom. The maximum atomic E-state index is 12.4. The molecule has 0 bridgehead atoms. The quantitative estimate of drug-likeness (QED) is 0.221. The highest BCUT2D eigenvalue weighted by molar-refractivity contribution is 9.10. The lowest BCUT2D eigenvalue weighted by atomic mass is 10.1. The van der Waals surface area contributed by atoms with Crippen LogP contribution in [0, 0.1) is 10.1 Å². The Bertz CT molecular complexity index is 1040. The second-order valence-corrected chi connectivity index (χ2v) is 8.70. The summed E-state index contributed by atoms with van der Waals surface area (Å²) >= 11 is 10.0. The second-order valence-electron chi connectivity index (χ2n) is 6.17. The van der Waals surface area contributed by atoms with Gasteiger partial charge in [0.05, 0.1) is 21.4 Å². The maximum Gasteiger partial charge on any atom is 0.269 e. The first-order chi connectivity index (χ1) is 14.3. The molecular weight excluding hydrogens is 492 g/mol. The summed E-state index contributed by atoms with van der Waals surface area (Å²) in [6.45, 7) is 2.62. The van der Waals surface area contributed by atoms with E-state index in [1.165, 1.54) is 31.0 Å². The summed E-state index contributed by atoms with van der Waals surface area (Å²) in [6.07, 6.45) is 1.77. The monoisotopic (exact) mass is 508 g/mol. The van der Waals surface area contributed by atoms with Crippen LogP contribution in [0.1, 0.15) is 18.1 Å². The van der Waals surface area contributed by atoms with Crippen LogP contribution in [-0.4, -0.2) is 33.7 Å². The van der Waals surface area contributed by atoms with Gasteiger partial charge in [-0.3, -0.25) is 19.8 Å². The molecule has 156 valence electrons. The van der Waals surface area contributed by atoms with Gasteiger partial charge in [0.15, 0.2) is 11.5 Å². The molecular formula is C20H17BrN2O5S2. The molecule has 0 N–H and O–H groups in total. The molecule has 1 fully saturated rings. The Balaban J connectivity index is 1.81. The van der Waals surface area contributed by atoms with E-state index in [2.05, 4.69) is 15.9 Å². The van der Waals surface area contributed by atoms with Crippen molar-refractivity contribution in [2.45, 2.75) is 13.5 Å². The van der Waals surface area contributed by atoms with E-state index in [0.717, 1.165) is 11.1 Å². The highest BCUT2D eigenvalue weighted by atomic mass is 79.9. The second kappa shape index (κ2) is 9.59. The van der Waals surface area contributed by atoms with E-state index in [4.69, 9.17) is 21.7 Å². The maximum absolute atomic E-state index is 12.4. The number of thioether (sulfide) groups is 1. The number of nitro groups is 1. The van der Waals surface area contributed by atoms with E-state index in [0.29, 0.717) is 31.7 Å². The fourth-order valence-corrected chi connectivity index (χ4v) is 4.71. The van der Waals surface area contributed by atoms with Crippen molar-refractivity contribution >= 4 is 61.9 Å². The van der Waals surface area contributed by atoms with Gasteiger partial charge in [0.25, 0.3) is 11.6 Å². The number of non-ortho nitro benzene ring substituents is 1. The molecule has 0 spiro atoms. The highest BCUT2D eigenvalue weighted by Crippen LogP contribution is 2.39.